The fourth-order valence-electron chi connectivity index (χ4n) is 1.07. The van der Waals surface area contributed by atoms with Gasteiger partial charge in [-0.25, -0.2) is 4.98 Å². The largest absolute Gasteiger partial charge is 0.476 e. The number of nitrogens with two attached hydrogens (primary N) is 1. The number of anilines is 1. The summed E-state index contributed by atoms with van der Waals surface area (Å²) < 4.78 is 5.42. The molecule has 0 aliphatic rings. The Bertz CT molecular complexity index is 349. The highest BCUT2D eigenvalue weighted by atomic mass is 32.2. The summed E-state index contributed by atoms with van der Waals surface area (Å²) in [5.41, 5.74) is 6.40. The van der Waals surface area contributed by atoms with E-state index in [1.807, 2.05) is 13.8 Å². The van der Waals surface area contributed by atoms with Crippen molar-refractivity contribution in [2.75, 3.05) is 24.7 Å². The van der Waals surface area contributed by atoms with Crippen molar-refractivity contribution in [3.63, 3.8) is 0 Å². The lowest BCUT2D eigenvalue weighted by Gasteiger charge is -2.11. The summed E-state index contributed by atoms with van der Waals surface area (Å²) in [6, 6.07) is 0. The third kappa shape index (κ3) is 4.40. The molecule has 1 heterocycles. The van der Waals surface area contributed by atoms with Gasteiger partial charge in [0.15, 0.2) is 0 Å². The van der Waals surface area contributed by atoms with Gasteiger partial charge in [0, 0.05) is 12.4 Å². The summed E-state index contributed by atoms with van der Waals surface area (Å²) in [7, 11) is 0. The van der Waals surface area contributed by atoms with Crippen LogP contribution in [0.3, 0.4) is 0 Å². The first-order valence-electron chi connectivity index (χ1n) is 5.66. The van der Waals surface area contributed by atoms with Crippen LogP contribution in [0.5, 0.6) is 5.88 Å². The predicted octanol–water partition coefficient (Wildman–Crippen LogP) is 1.57. The molecule has 1 unspecified atom stereocenters. The van der Waals surface area contributed by atoms with Crippen LogP contribution in [-0.2, 0) is 0 Å². The minimum atomic E-state index is 0.164. The molecule has 1 aromatic rings. The molecular weight excluding hydrogens is 238 g/mol. The van der Waals surface area contributed by atoms with Gasteiger partial charge in [0.05, 0.1) is 6.61 Å². The van der Waals surface area contributed by atoms with E-state index in [1.54, 1.807) is 0 Å². The molecule has 0 radical (unpaired) electrons. The number of hydrogen-bond acceptors (Lipinski definition) is 6. The maximum Gasteiger partial charge on any atom is 0.241 e. The number of hydrogen-bond donors (Lipinski definition) is 2. The summed E-state index contributed by atoms with van der Waals surface area (Å²) in [5, 5.41) is 9.67. The lowest BCUT2D eigenvalue weighted by Crippen LogP contribution is -2.06. The van der Waals surface area contributed by atoms with Crippen LogP contribution in [0.25, 0.3) is 0 Å². The Morgan fingerprint density at radius 1 is 1.53 bits per heavy atom. The molecule has 0 spiro atoms. The Morgan fingerprint density at radius 3 is 2.94 bits per heavy atom. The van der Waals surface area contributed by atoms with E-state index in [2.05, 4.69) is 9.97 Å². The van der Waals surface area contributed by atoms with Crippen LogP contribution in [0.4, 0.5) is 5.69 Å². The van der Waals surface area contributed by atoms with E-state index in [1.165, 1.54) is 18.1 Å². The van der Waals surface area contributed by atoms with E-state index in [-0.39, 0.29) is 12.5 Å². The maximum absolute atomic E-state index is 8.95. The van der Waals surface area contributed by atoms with Gasteiger partial charge in [-0.05, 0) is 12.3 Å². The summed E-state index contributed by atoms with van der Waals surface area (Å²) in [6.45, 7) is 4.75. The quantitative estimate of drug-likeness (QED) is 0.570. The number of aromatic nitrogens is 2. The molecule has 5 nitrogen and oxygen atoms in total. The van der Waals surface area contributed by atoms with Crippen molar-refractivity contribution in [2.24, 2.45) is 5.92 Å². The van der Waals surface area contributed by atoms with Gasteiger partial charge in [-0.3, -0.25) is 0 Å². The number of ether oxygens (including phenoxy) is 1. The van der Waals surface area contributed by atoms with Crippen molar-refractivity contribution in [3.8, 4) is 5.88 Å². The number of aliphatic hydroxyl groups is 1. The first kappa shape index (κ1) is 14.1. The summed E-state index contributed by atoms with van der Waals surface area (Å²) in [4.78, 5) is 8.12. The highest BCUT2D eigenvalue weighted by Gasteiger charge is 2.11. The van der Waals surface area contributed by atoms with E-state index < -0.39 is 0 Å². The summed E-state index contributed by atoms with van der Waals surface area (Å²) >= 11 is 1.51. The molecule has 96 valence electrons. The standard InChI is InChI=1S/C11H19N3O2S/c1-3-4-16-10-9(12)11(14-7-13-10)17-6-8(2)5-15/h7-8,15H,3-6,12H2,1-2H3. The van der Waals surface area contributed by atoms with E-state index in [4.69, 9.17) is 15.6 Å². The smallest absolute Gasteiger partial charge is 0.241 e. The number of thioether (sulfide) groups is 1. The highest BCUT2D eigenvalue weighted by Crippen LogP contribution is 2.29. The zero-order valence-electron chi connectivity index (χ0n) is 10.2. The normalized spacial score (nSPS) is 12.4. The molecule has 0 amide bonds. The zero-order chi connectivity index (χ0) is 12.7. The molecule has 0 aliphatic heterocycles. The summed E-state index contributed by atoms with van der Waals surface area (Å²) in [5.74, 6) is 1.43. The lowest BCUT2D eigenvalue weighted by molar-refractivity contribution is 0.250. The Hall–Kier alpha value is -1.01. The van der Waals surface area contributed by atoms with Gasteiger partial charge < -0.3 is 15.6 Å². The van der Waals surface area contributed by atoms with Crippen LogP contribution in [0.2, 0.25) is 0 Å². The monoisotopic (exact) mass is 257 g/mol. The number of nitrogens with zero attached hydrogens (tertiary/aromatic N) is 2. The van der Waals surface area contributed by atoms with Gasteiger partial charge in [-0.15, -0.1) is 11.8 Å². The first-order valence-corrected chi connectivity index (χ1v) is 6.64. The van der Waals surface area contributed by atoms with Crippen LogP contribution < -0.4 is 10.5 Å². The Labute approximate surface area is 106 Å². The average Bonchev–Trinajstić information content (AvgIpc) is 2.35. The second-order valence-electron chi connectivity index (χ2n) is 3.84. The molecule has 0 fully saturated rings. The van der Waals surface area contributed by atoms with E-state index in [9.17, 15) is 0 Å². The molecule has 0 aliphatic carbocycles. The SMILES string of the molecule is CCCOc1ncnc(SCC(C)CO)c1N. The van der Waals surface area contributed by atoms with Crippen LogP contribution in [0.15, 0.2) is 11.4 Å². The molecule has 0 saturated heterocycles. The lowest BCUT2D eigenvalue weighted by atomic mass is 10.2. The first-order chi connectivity index (χ1) is 8.19. The molecule has 1 rings (SSSR count). The number of rotatable bonds is 7. The molecule has 0 aromatic carbocycles. The van der Waals surface area contributed by atoms with Crippen molar-refractivity contribution in [1.29, 1.82) is 0 Å². The van der Waals surface area contributed by atoms with Gasteiger partial charge in [0.25, 0.3) is 0 Å². The van der Waals surface area contributed by atoms with Crippen LogP contribution in [0.1, 0.15) is 20.3 Å². The van der Waals surface area contributed by atoms with E-state index in [0.717, 1.165) is 12.2 Å². The minimum Gasteiger partial charge on any atom is -0.476 e. The third-order valence-electron chi connectivity index (χ3n) is 2.07. The van der Waals surface area contributed by atoms with Crippen molar-refractivity contribution >= 4 is 17.4 Å². The van der Waals surface area contributed by atoms with Crippen LogP contribution in [0, 0.1) is 5.92 Å². The molecule has 0 bridgehead atoms. The number of aliphatic hydroxyl groups excluding tert-OH is 1. The number of nitrogen functional groups attached to an aromatic ring is 1. The molecular formula is C11H19N3O2S. The van der Waals surface area contributed by atoms with Crippen LogP contribution in [-0.4, -0.2) is 34.0 Å². The van der Waals surface area contributed by atoms with Crippen molar-refractivity contribution in [2.45, 2.75) is 25.3 Å². The second kappa shape index (κ2) is 7.34. The predicted molar refractivity (Wildman–Crippen MR) is 69.2 cm³/mol. The zero-order valence-corrected chi connectivity index (χ0v) is 11.0. The van der Waals surface area contributed by atoms with E-state index >= 15 is 0 Å². The topological polar surface area (TPSA) is 81.3 Å². The minimum absolute atomic E-state index is 0.164. The molecule has 17 heavy (non-hydrogen) atoms. The summed E-state index contributed by atoms with van der Waals surface area (Å²) in [6.07, 6.45) is 2.36. The van der Waals surface area contributed by atoms with Crippen molar-refractivity contribution in [1.82, 2.24) is 9.97 Å². The van der Waals surface area contributed by atoms with Crippen molar-refractivity contribution < 1.29 is 9.84 Å². The van der Waals surface area contributed by atoms with Gasteiger partial charge in [-0.2, -0.15) is 4.98 Å². The molecule has 0 saturated carbocycles. The molecule has 3 N–H and O–H groups in total. The average molecular weight is 257 g/mol. The molecule has 1 atom stereocenters. The molecule has 6 heteroatoms. The van der Waals surface area contributed by atoms with E-state index in [0.29, 0.717) is 23.2 Å². The van der Waals surface area contributed by atoms with Crippen LogP contribution >= 0.6 is 11.8 Å². The Balaban J connectivity index is 2.65. The van der Waals surface area contributed by atoms with Gasteiger partial charge in [-0.1, -0.05) is 13.8 Å². The maximum atomic E-state index is 8.95. The fraction of sp³-hybridized carbons (Fsp3) is 0.636. The Morgan fingerprint density at radius 2 is 2.29 bits per heavy atom. The molecule has 1 aromatic heterocycles. The Kier molecular flexibility index (Phi) is 6.07. The highest BCUT2D eigenvalue weighted by molar-refractivity contribution is 7.99. The van der Waals surface area contributed by atoms with Gasteiger partial charge in [0.2, 0.25) is 5.88 Å². The van der Waals surface area contributed by atoms with Gasteiger partial charge in [0.1, 0.15) is 17.0 Å². The third-order valence-corrected chi connectivity index (χ3v) is 3.40. The van der Waals surface area contributed by atoms with Crippen molar-refractivity contribution in [3.05, 3.63) is 6.33 Å². The fourth-order valence-corrected chi connectivity index (χ4v) is 1.98. The second-order valence-corrected chi connectivity index (χ2v) is 4.85. The van der Waals surface area contributed by atoms with Gasteiger partial charge >= 0.3 is 0 Å².